The van der Waals surface area contributed by atoms with Gasteiger partial charge in [0.25, 0.3) is 0 Å². The van der Waals surface area contributed by atoms with Crippen LogP contribution >= 0.6 is 0 Å². The van der Waals surface area contributed by atoms with Crippen molar-refractivity contribution in [3.8, 4) is 0 Å². The van der Waals surface area contributed by atoms with Gasteiger partial charge in [-0.2, -0.15) is 0 Å². The Bertz CT molecular complexity index is 291. The molecule has 1 saturated heterocycles. The summed E-state index contributed by atoms with van der Waals surface area (Å²) in [7, 11) is 0. The number of halogens is 1. The highest BCUT2D eigenvalue weighted by atomic mass is 19.2. The van der Waals surface area contributed by atoms with Crippen LogP contribution in [0.15, 0.2) is 0 Å². The molecule has 0 aromatic rings. The topological polar surface area (TPSA) is 113 Å². The fourth-order valence-corrected chi connectivity index (χ4v) is 1.11. The first-order valence-corrected chi connectivity index (χ1v) is 3.52. The number of nitro groups is 2. The number of carbonyl (C=O) groups excluding carboxylic acids is 1. The van der Waals surface area contributed by atoms with E-state index in [9.17, 15) is 29.4 Å². The molecule has 1 heterocycles. The highest BCUT2D eigenvalue weighted by Gasteiger charge is 2.67. The third-order valence-electron chi connectivity index (χ3n) is 1.89. The predicted molar refractivity (Wildman–Crippen MR) is 36.9 cm³/mol. The van der Waals surface area contributed by atoms with Crippen LogP contribution < -0.4 is 0 Å². The monoisotopic (exact) mass is 208 g/mol. The molecule has 0 radical (unpaired) electrons. The van der Waals surface area contributed by atoms with Crippen LogP contribution in [0.5, 0.6) is 0 Å². The Morgan fingerprint density at radius 3 is 2.21 bits per heavy atom. The van der Waals surface area contributed by atoms with Crippen LogP contribution in [0.2, 0.25) is 0 Å². The Hall–Kier alpha value is -1.80. The van der Waals surface area contributed by atoms with Gasteiger partial charge in [0.1, 0.15) is 16.5 Å². The zero-order valence-electron chi connectivity index (χ0n) is 6.71. The Morgan fingerprint density at radius 2 is 1.93 bits per heavy atom. The van der Waals surface area contributed by atoms with Gasteiger partial charge in [0.2, 0.25) is 0 Å². The van der Waals surface area contributed by atoms with Crippen LogP contribution in [-0.2, 0) is 9.53 Å². The van der Waals surface area contributed by atoms with Gasteiger partial charge in [0, 0.05) is 0 Å². The van der Waals surface area contributed by atoms with Crippen molar-refractivity contribution in [3.63, 3.8) is 0 Å². The number of nitrogens with zero attached hydrogens (tertiary/aromatic N) is 2. The second-order valence-corrected chi connectivity index (χ2v) is 2.73. The van der Waals surface area contributed by atoms with Crippen LogP contribution in [0.4, 0.5) is 4.39 Å². The third-order valence-corrected chi connectivity index (χ3v) is 1.89. The summed E-state index contributed by atoms with van der Waals surface area (Å²) in [6.07, 6.45) is -0.654. The van der Waals surface area contributed by atoms with E-state index in [1.807, 2.05) is 0 Å². The van der Waals surface area contributed by atoms with E-state index in [0.29, 0.717) is 0 Å². The number of rotatable bonds is 3. The normalized spacial score (nSPS) is 21.8. The number of esters is 1. The Morgan fingerprint density at radius 1 is 1.43 bits per heavy atom. The lowest BCUT2D eigenvalue weighted by Gasteiger charge is -2.11. The van der Waals surface area contributed by atoms with Crippen molar-refractivity contribution in [1.82, 2.24) is 0 Å². The van der Waals surface area contributed by atoms with Crippen molar-refractivity contribution >= 4 is 5.97 Å². The largest absolute Gasteiger partial charge is 0.620 e. The van der Waals surface area contributed by atoms with Crippen LogP contribution in [0, 0.1) is 26.1 Å². The second kappa shape index (κ2) is 3.16. The molecule has 1 rings (SSSR count). The van der Waals surface area contributed by atoms with E-state index in [2.05, 4.69) is 4.74 Å². The molecule has 0 N–H and O–H groups in total. The minimum absolute atomic E-state index is 0.642. The first-order valence-electron chi connectivity index (χ1n) is 3.52. The smallest absolute Gasteiger partial charge is 0.465 e. The van der Waals surface area contributed by atoms with Crippen LogP contribution in [0.3, 0.4) is 0 Å². The molecule has 1 atom stereocenters. The van der Waals surface area contributed by atoms with Gasteiger partial charge in [-0.1, -0.05) is 4.39 Å². The molecule has 9 heteroatoms. The van der Waals surface area contributed by atoms with Crippen LogP contribution in [0.25, 0.3) is 0 Å². The molecule has 8 nitrogen and oxygen atoms in total. The number of alkyl halides is 1. The van der Waals surface area contributed by atoms with Gasteiger partial charge in [-0.05, 0) is 0 Å². The lowest BCUT2D eigenvalue weighted by molar-refractivity contribution is -0.840. The summed E-state index contributed by atoms with van der Waals surface area (Å²) < 4.78 is 17.5. The molecule has 0 amide bonds. The van der Waals surface area contributed by atoms with Crippen LogP contribution in [0.1, 0.15) is 6.42 Å². The molecule has 1 aliphatic heterocycles. The van der Waals surface area contributed by atoms with Crippen molar-refractivity contribution < 1.29 is 23.8 Å². The zero-order chi connectivity index (χ0) is 10.9. The molecular weight excluding hydrogens is 203 g/mol. The molecule has 0 saturated carbocycles. The number of hydrogen-bond acceptors (Lipinski definition) is 6. The maximum absolute atomic E-state index is 13.3. The van der Waals surface area contributed by atoms with Gasteiger partial charge in [-0.3, -0.25) is 25.0 Å². The molecule has 0 spiro atoms. The molecule has 0 aromatic carbocycles. The predicted octanol–water partition coefficient (Wildman–Crippen LogP) is -0.274. The number of cyclic esters (lactones) is 1. The maximum Gasteiger partial charge on any atom is 0.620 e. The lowest BCUT2D eigenvalue weighted by atomic mass is 10.0. The SMILES string of the molecule is O=C1CC(C(F)([N+](=O)[O-])[N+](=O)[O-])CO1. The third kappa shape index (κ3) is 1.36. The van der Waals surface area contributed by atoms with E-state index in [4.69, 9.17) is 0 Å². The average molecular weight is 208 g/mol. The maximum atomic E-state index is 13.3. The van der Waals surface area contributed by atoms with Crippen molar-refractivity contribution in [3.05, 3.63) is 20.2 Å². The molecule has 14 heavy (non-hydrogen) atoms. The highest BCUT2D eigenvalue weighted by molar-refractivity contribution is 5.71. The molecule has 1 aliphatic rings. The summed E-state index contributed by atoms with van der Waals surface area (Å²) in [6.45, 7) is -0.642. The minimum atomic E-state index is -3.84. The molecule has 0 aliphatic carbocycles. The van der Waals surface area contributed by atoms with Gasteiger partial charge in [0.15, 0.2) is 5.92 Å². The summed E-state index contributed by atoms with van der Waals surface area (Å²) in [6, 6.07) is 0. The van der Waals surface area contributed by atoms with Crippen molar-refractivity contribution in [2.45, 2.75) is 12.3 Å². The first-order chi connectivity index (χ1) is 6.39. The van der Waals surface area contributed by atoms with Gasteiger partial charge < -0.3 is 4.74 Å². The highest BCUT2D eigenvalue weighted by Crippen LogP contribution is 2.31. The number of hydrogen-bond donors (Lipinski definition) is 0. The number of carbonyl (C=O) groups is 1. The molecule has 0 aromatic heterocycles. The Balaban J connectivity index is 2.94. The summed E-state index contributed by atoms with van der Waals surface area (Å²) in [5, 5.41) is 20.4. The quantitative estimate of drug-likeness (QED) is 0.207. The molecule has 1 unspecified atom stereocenters. The van der Waals surface area contributed by atoms with Gasteiger partial charge in [-0.25, -0.2) is 0 Å². The van der Waals surface area contributed by atoms with Gasteiger partial charge in [0.05, 0.1) is 6.42 Å². The standard InChI is InChI=1S/C5H5FN2O6/c6-5(7(10)11,8(12)13)3-1-4(9)14-2-3/h3H,1-2H2. The summed E-state index contributed by atoms with van der Waals surface area (Å²) in [4.78, 5) is 27.6. The summed E-state index contributed by atoms with van der Waals surface area (Å²) in [5.41, 5.74) is 0. The lowest BCUT2D eigenvalue weighted by Crippen LogP contribution is -2.48. The molecule has 1 fully saturated rings. The Kier molecular flexibility index (Phi) is 2.32. The molecule has 78 valence electrons. The zero-order valence-corrected chi connectivity index (χ0v) is 6.71. The average Bonchev–Trinajstić information content (AvgIpc) is 2.49. The second-order valence-electron chi connectivity index (χ2n) is 2.73. The van der Waals surface area contributed by atoms with E-state index in [1.165, 1.54) is 0 Å². The van der Waals surface area contributed by atoms with Gasteiger partial charge >= 0.3 is 11.9 Å². The van der Waals surface area contributed by atoms with E-state index in [0.717, 1.165) is 0 Å². The van der Waals surface area contributed by atoms with E-state index in [-0.39, 0.29) is 0 Å². The van der Waals surface area contributed by atoms with Crippen molar-refractivity contribution in [1.29, 1.82) is 0 Å². The fourth-order valence-electron chi connectivity index (χ4n) is 1.11. The van der Waals surface area contributed by atoms with E-state index >= 15 is 0 Å². The first kappa shape index (κ1) is 10.3. The Labute approximate surface area is 75.9 Å². The van der Waals surface area contributed by atoms with Crippen molar-refractivity contribution in [2.75, 3.05) is 6.61 Å². The van der Waals surface area contributed by atoms with Gasteiger partial charge in [-0.15, -0.1) is 0 Å². The molecule has 0 bridgehead atoms. The van der Waals surface area contributed by atoms with E-state index < -0.39 is 40.7 Å². The van der Waals surface area contributed by atoms with Crippen molar-refractivity contribution in [2.24, 2.45) is 5.92 Å². The molecular formula is C5H5FN2O6. The fraction of sp³-hybridized carbons (Fsp3) is 0.800. The minimum Gasteiger partial charge on any atom is -0.465 e. The summed E-state index contributed by atoms with van der Waals surface area (Å²) in [5.74, 6) is -6.38. The summed E-state index contributed by atoms with van der Waals surface area (Å²) >= 11 is 0. The number of ether oxygens (including phenoxy) is 1. The van der Waals surface area contributed by atoms with E-state index in [1.54, 1.807) is 0 Å². The van der Waals surface area contributed by atoms with Crippen LogP contribution in [-0.4, -0.2) is 28.3 Å².